The van der Waals surface area contributed by atoms with Crippen LogP contribution in [-0.2, 0) is 11.2 Å². The summed E-state index contributed by atoms with van der Waals surface area (Å²) in [6, 6.07) is 8.99. The van der Waals surface area contributed by atoms with Gasteiger partial charge in [-0.25, -0.2) is 9.78 Å². The van der Waals surface area contributed by atoms with E-state index in [1.54, 1.807) is 38.1 Å². The highest BCUT2D eigenvalue weighted by Gasteiger charge is 2.18. The Balaban J connectivity index is 1.71. The molecule has 0 fully saturated rings. The highest BCUT2D eigenvalue weighted by molar-refractivity contribution is 7.17. The van der Waals surface area contributed by atoms with Gasteiger partial charge in [-0.05, 0) is 26.0 Å². The van der Waals surface area contributed by atoms with E-state index in [2.05, 4.69) is 25.6 Å². The van der Waals surface area contributed by atoms with Gasteiger partial charge in [0, 0.05) is 16.9 Å². The van der Waals surface area contributed by atoms with Gasteiger partial charge in [0.2, 0.25) is 5.91 Å². The molecule has 144 valence electrons. The van der Waals surface area contributed by atoms with Crippen LogP contribution in [0.25, 0.3) is 0 Å². The number of aromatic nitrogens is 3. The number of H-pyrrole nitrogens is 2. The third kappa shape index (κ3) is 4.41. The molecule has 2 heterocycles. The molecule has 0 saturated carbocycles. The van der Waals surface area contributed by atoms with E-state index in [1.807, 2.05) is 6.07 Å². The van der Waals surface area contributed by atoms with Crippen molar-refractivity contribution < 1.29 is 9.59 Å². The van der Waals surface area contributed by atoms with Crippen LogP contribution in [0.15, 0.2) is 39.9 Å². The zero-order valence-electron chi connectivity index (χ0n) is 15.1. The normalized spacial score (nSPS) is 10.5. The van der Waals surface area contributed by atoms with Crippen molar-refractivity contribution in [2.24, 2.45) is 0 Å². The lowest BCUT2D eigenvalue weighted by molar-refractivity contribution is -0.115. The van der Waals surface area contributed by atoms with Crippen LogP contribution in [0.2, 0.25) is 0 Å². The number of thiazole rings is 1. The molecule has 3 rings (SSSR count). The van der Waals surface area contributed by atoms with E-state index in [-0.39, 0.29) is 23.0 Å². The predicted molar refractivity (Wildman–Crippen MR) is 106 cm³/mol. The lowest BCUT2D eigenvalue weighted by atomic mass is 10.1. The third-order valence-electron chi connectivity index (χ3n) is 3.87. The monoisotopic (exact) mass is 399 g/mol. The molecule has 2 aromatic heterocycles. The minimum absolute atomic E-state index is 0.160. The predicted octanol–water partition coefficient (Wildman–Crippen LogP) is 1.57. The molecule has 0 unspecified atom stereocenters. The first-order valence-electron chi connectivity index (χ1n) is 8.29. The van der Waals surface area contributed by atoms with Crippen molar-refractivity contribution in [3.63, 3.8) is 0 Å². The standard InChI is InChI=1S/C18H17N5O4S/c1-9-12(15(25)23-17(27)19-9)8-13(24)22-18-20-10(2)14(28-18)16(26)21-11-6-4-3-5-7-11/h3-7H,8H2,1-2H3,(H,21,26)(H,20,22,24)(H2,19,23,25,27). The summed E-state index contributed by atoms with van der Waals surface area (Å²) in [5.41, 5.74) is 0.367. The van der Waals surface area contributed by atoms with Crippen LogP contribution in [0.5, 0.6) is 0 Å². The minimum Gasteiger partial charge on any atom is -0.321 e. The third-order valence-corrected chi connectivity index (χ3v) is 4.94. The van der Waals surface area contributed by atoms with Gasteiger partial charge < -0.3 is 15.6 Å². The molecule has 3 aromatic rings. The van der Waals surface area contributed by atoms with E-state index < -0.39 is 17.2 Å². The average molecular weight is 399 g/mol. The Bertz CT molecular complexity index is 1150. The number of nitrogens with one attached hydrogen (secondary N) is 4. The van der Waals surface area contributed by atoms with Crippen molar-refractivity contribution in [2.45, 2.75) is 20.3 Å². The zero-order chi connectivity index (χ0) is 20.3. The summed E-state index contributed by atoms with van der Waals surface area (Å²) in [6.45, 7) is 3.21. The number of amides is 2. The number of anilines is 2. The van der Waals surface area contributed by atoms with E-state index in [4.69, 9.17) is 0 Å². The topological polar surface area (TPSA) is 137 Å². The van der Waals surface area contributed by atoms with Crippen molar-refractivity contribution >= 4 is 34.0 Å². The van der Waals surface area contributed by atoms with Gasteiger partial charge in [0.25, 0.3) is 11.5 Å². The molecule has 0 aliphatic heterocycles. The van der Waals surface area contributed by atoms with Gasteiger partial charge in [0.1, 0.15) is 4.88 Å². The molecule has 1 aromatic carbocycles. The number of carbonyl (C=O) groups is 2. The Labute approximate surface area is 162 Å². The molecular formula is C18H17N5O4S. The lowest BCUT2D eigenvalue weighted by Gasteiger charge is -2.04. The van der Waals surface area contributed by atoms with Gasteiger partial charge in [0.05, 0.1) is 12.1 Å². The summed E-state index contributed by atoms with van der Waals surface area (Å²) in [4.78, 5) is 56.8. The second-order valence-electron chi connectivity index (χ2n) is 5.99. The molecule has 0 aliphatic rings. The van der Waals surface area contributed by atoms with Crippen LogP contribution in [0, 0.1) is 13.8 Å². The Morgan fingerprint density at radius 2 is 1.79 bits per heavy atom. The molecule has 10 heteroatoms. The molecule has 0 saturated heterocycles. The van der Waals surface area contributed by atoms with Crippen LogP contribution in [0.4, 0.5) is 10.8 Å². The number of benzene rings is 1. The van der Waals surface area contributed by atoms with Crippen molar-refractivity contribution in [2.75, 3.05) is 10.6 Å². The highest BCUT2D eigenvalue weighted by atomic mass is 32.1. The van der Waals surface area contributed by atoms with Crippen LogP contribution < -0.4 is 21.9 Å². The summed E-state index contributed by atoms with van der Waals surface area (Å²) in [7, 11) is 0. The zero-order valence-corrected chi connectivity index (χ0v) is 15.9. The maximum absolute atomic E-state index is 12.4. The quantitative estimate of drug-likeness (QED) is 0.516. The maximum atomic E-state index is 12.4. The van der Waals surface area contributed by atoms with Gasteiger partial charge in [-0.3, -0.25) is 19.4 Å². The number of aryl methyl sites for hydroxylation is 2. The van der Waals surface area contributed by atoms with Crippen molar-refractivity contribution in [3.05, 3.63) is 73.0 Å². The van der Waals surface area contributed by atoms with Crippen LogP contribution in [-0.4, -0.2) is 26.8 Å². The summed E-state index contributed by atoms with van der Waals surface area (Å²) < 4.78 is 0. The van der Waals surface area contributed by atoms with Crippen molar-refractivity contribution in [3.8, 4) is 0 Å². The molecule has 9 nitrogen and oxygen atoms in total. The van der Waals surface area contributed by atoms with Gasteiger partial charge in [-0.1, -0.05) is 29.5 Å². The molecule has 28 heavy (non-hydrogen) atoms. The van der Waals surface area contributed by atoms with Crippen LogP contribution in [0.3, 0.4) is 0 Å². The minimum atomic E-state index is -0.628. The maximum Gasteiger partial charge on any atom is 0.325 e. The van der Waals surface area contributed by atoms with E-state index >= 15 is 0 Å². The number of para-hydroxylation sites is 1. The van der Waals surface area contributed by atoms with Gasteiger partial charge in [-0.2, -0.15) is 0 Å². The molecule has 0 bridgehead atoms. The Morgan fingerprint density at radius 1 is 1.07 bits per heavy atom. The number of carbonyl (C=O) groups excluding carboxylic acids is 2. The number of hydrogen-bond acceptors (Lipinski definition) is 6. The first-order valence-corrected chi connectivity index (χ1v) is 9.11. The van der Waals surface area contributed by atoms with Crippen molar-refractivity contribution in [1.82, 2.24) is 15.0 Å². The van der Waals surface area contributed by atoms with E-state index in [0.29, 0.717) is 22.0 Å². The highest BCUT2D eigenvalue weighted by Crippen LogP contribution is 2.24. The fourth-order valence-electron chi connectivity index (χ4n) is 2.53. The Morgan fingerprint density at radius 3 is 2.46 bits per heavy atom. The first kappa shape index (κ1) is 19.2. The summed E-state index contributed by atoms with van der Waals surface area (Å²) >= 11 is 1.04. The second kappa shape index (κ2) is 8.01. The van der Waals surface area contributed by atoms with Crippen molar-refractivity contribution in [1.29, 1.82) is 0 Å². The molecule has 0 atom stereocenters. The lowest BCUT2D eigenvalue weighted by Crippen LogP contribution is -2.29. The average Bonchev–Trinajstić information content (AvgIpc) is 2.99. The van der Waals surface area contributed by atoms with E-state index in [0.717, 1.165) is 11.3 Å². The Hall–Kier alpha value is -3.53. The molecule has 0 radical (unpaired) electrons. The summed E-state index contributed by atoms with van der Waals surface area (Å²) in [5.74, 6) is -0.806. The summed E-state index contributed by atoms with van der Waals surface area (Å²) in [6.07, 6.45) is -0.234. The molecule has 0 spiro atoms. The molecular weight excluding hydrogens is 382 g/mol. The molecule has 2 amide bonds. The fourth-order valence-corrected chi connectivity index (χ4v) is 3.41. The van der Waals surface area contributed by atoms with E-state index in [1.165, 1.54) is 0 Å². The number of rotatable bonds is 5. The number of hydrogen-bond donors (Lipinski definition) is 4. The number of nitrogens with zero attached hydrogens (tertiary/aromatic N) is 1. The number of aromatic amines is 2. The second-order valence-corrected chi connectivity index (χ2v) is 6.99. The van der Waals surface area contributed by atoms with Gasteiger partial charge >= 0.3 is 5.69 Å². The van der Waals surface area contributed by atoms with Crippen LogP contribution >= 0.6 is 11.3 Å². The fraction of sp³-hybridized carbons (Fsp3) is 0.167. The molecule has 0 aliphatic carbocycles. The Kier molecular flexibility index (Phi) is 5.50. The molecule has 4 N–H and O–H groups in total. The van der Waals surface area contributed by atoms with Gasteiger partial charge in [-0.15, -0.1) is 0 Å². The summed E-state index contributed by atoms with van der Waals surface area (Å²) in [5, 5.41) is 5.60. The largest absolute Gasteiger partial charge is 0.325 e. The smallest absolute Gasteiger partial charge is 0.321 e. The van der Waals surface area contributed by atoms with E-state index in [9.17, 15) is 19.2 Å². The first-order chi connectivity index (χ1) is 13.3. The SMILES string of the molecule is Cc1nc(NC(=O)Cc2c(C)[nH]c(=O)[nH]c2=O)sc1C(=O)Nc1ccccc1. The van der Waals surface area contributed by atoms with Crippen LogP contribution in [0.1, 0.15) is 26.6 Å². The van der Waals surface area contributed by atoms with Gasteiger partial charge in [0.15, 0.2) is 5.13 Å².